The fraction of sp³-hybridized carbons (Fsp3) is 0. The minimum Gasteiger partial charge on any atom is -0.380 e. The van der Waals surface area contributed by atoms with E-state index >= 15 is 0 Å². The molecule has 25 heavy (non-hydrogen) atoms. The van der Waals surface area contributed by atoms with Crippen molar-refractivity contribution in [2.24, 2.45) is 10.9 Å². The van der Waals surface area contributed by atoms with Crippen LogP contribution in [0.5, 0.6) is 0 Å². The van der Waals surface area contributed by atoms with Crippen molar-refractivity contribution in [3.05, 3.63) is 77.9 Å². The number of nitrogens with zero attached hydrogens (tertiary/aromatic N) is 2. The normalized spacial score (nSPS) is 14.1. The summed E-state index contributed by atoms with van der Waals surface area (Å²) in [4.78, 5) is 41.3. The molecule has 0 aromatic heterocycles. The van der Waals surface area contributed by atoms with Gasteiger partial charge in [-0.25, -0.2) is 9.69 Å². The molecule has 0 atom stereocenters. The molecule has 2 amide bonds. The molecule has 0 fully saturated rings. The van der Waals surface area contributed by atoms with Crippen LogP contribution in [0.15, 0.2) is 71.9 Å². The van der Waals surface area contributed by atoms with E-state index in [0.29, 0.717) is 5.56 Å². The second kappa shape index (κ2) is 6.79. The molecule has 0 aliphatic carbocycles. The highest BCUT2D eigenvalue weighted by atomic mass is 16.7. The van der Waals surface area contributed by atoms with Gasteiger partial charge in [0.25, 0.3) is 11.8 Å². The summed E-state index contributed by atoms with van der Waals surface area (Å²) in [6.07, 6.45) is 2.33. The van der Waals surface area contributed by atoms with Crippen molar-refractivity contribution >= 4 is 29.3 Å². The van der Waals surface area contributed by atoms with E-state index in [4.69, 9.17) is 10.6 Å². The van der Waals surface area contributed by atoms with E-state index < -0.39 is 17.8 Å². The molecule has 0 unspecified atom stereocenters. The summed E-state index contributed by atoms with van der Waals surface area (Å²) in [6, 6.07) is 14.8. The quantitative estimate of drug-likeness (QED) is 0.300. The van der Waals surface area contributed by atoms with Gasteiger partial charge < -0.3 is 10.6 Å². The second-order valence-corrected chi connectivity index (χ2v) is 5.12. The van der Waals surface area contributed by atoms with Crippen molar-refractivity contribution in [1.82, 2.24) is 0 Å². The molecule has 124 valence electrons. The number of oxime groups is 1. The summed E-state index contributed by atoms with van der Waals surface area (Å²) in [7, 11) is 0. The van der Waals surface area contributed by atoms with Crippen LogP contribution in [0.3, 0.4) is 0 Å². The van der Waals surface area contributed by atoms with E-state index in [1.807, 2.05) is 6.07 Å². The number of carbonyl (C=O) groups is 3. The molecule has 7 heteroatoms. The number of imide groups is 1. The molecule has 1 aliphatic rings. The standard InChI is InChI=1S/C18H13N3O4/c19-17(12-5-2-1-3-6-12)20-25-18(24)13-7-4-8-14(11-13)21-15(22)9-10-16(21)23/h1-11H,(H2,19,20). The summed E-state index contributed by atoms with van der Waals surface area (Å²) >= 11 is 0. The first-order valence-corrected chi connectivity index (χ1v) is 7.32. The first-order valence-electron chi connectivity index (χ1n) is 7.32. The Bertz CT molecular complexity index is 886. The number of rotatable bonds is 4. The summed E-state index contributed by atoms with van der Waals surface area (Å²) in [5, 5.41) is 3.61. The van der Waals surface area contributed by atoms with Gasteiger partial charge in [-0.1, -0.05) is 41.6 Å². The summed E-state index contributed by atoms with van der Waals surface area (Å²) in [6.45, 7) is 0. The zero-order valence-electron chi connectivity index (χ0n) is 13.0. The maximum atomic E-state index is 12.1. The first-order chi connectivity index (χ1) is 12.1. The SMILES string of the molecule is N/C(=N\OC(=O)c1cccc(N2C(=O)C=CC2=O)c1)c1ccccc1. The summed E-state index contributed by atoms with van der Waals surface area (Å²) in [5.74, 6) is -1.64. The first kappa shape index (κ1) is 16.1. The molecule has 1 heterocycles. The van der Waals surface area contributed by atoms with E-state index in [9.17, 15) is 14.4 Å². The van der Waals surface area contributed by atoms with Crippen LogP contribution in [-0.2, 0) is 14.4 Å². The van der Waals surface area contributed by atoms with Gasteiger partial charge in [0.1, 0.15) is 0 Å². The average Bonchev–Trinajstić information content (AvgIpc) is 2.98. The Balaban J connectivity index is 1.76. The molecule has 0 radical (unpaired) electrons. The molecule has 1 aliphatic heterocycles. The number of amidine groups is 1. The third-order valence-electron chi connectivity index (χ3n) is 3.45. The Kier molecular flexibility index (Phi) is 4.38. The Hall–Kier alpha value is -3.74. The Morgan fingerprint density at radius 1 is 0.920 bits per heavy atom. The van der Waals surface area contributed by atoms with Crippen molar-refractivity contribution < 1.29 is 19.2 Å². The van der Waals surface area contributed by atoms with Gasteiger partial charge in [-0.2, -0.15) is 0 Å². The molecule has 2 aromatic carbocycles. The smallest absolute Gasteiger partial charge is 0.365 e. The van der Waals surface area contributed by atoms with E-state index in [0.717, 1.165) is 17.1 Å². The molecular formula is C18H13N3O4. The number of carbonyl (C=O) groups excluding carboxylic acids is 3. The fourth-order valence-electron chi connectivity index (χ4n) is 2.23. The van der Waals surface area contributed by atoms with Crippen molar-refractivity contribution in [1.29, 1.82) is 0 Å². The zero-order chi connectivity index (χ0) is 17.8. The lowest BCUT2D eigenvalue weighted by molar-refractivity contribution is -0.119. The number of anilines is 1. The minimum absolute atomic E-state index is 0.0548. The van der Waals surface area contributed by atoms with Crippen molar-refractivity contribution in [3.63, 3.8) is 0 Å². The van der Waals surface area contributed by atoms with Gasteiger partial charge in [-0.3, -0.25) is 9.59 Å². The van der Waals surface area contributed by atoms with Crippen LogP contribution in [0.4, 0.5) is 5.69 Å². The van der Waals surface area contributed by atoms with E-state index in [1.165, 1.54) is 18.2 Å². The minimum atomic E-state index is -0.757. The molecule has 7 nitrogen and oxygen atoms in total. The van der Waals surface area contributed by atoms with Crippen LogP contribution in [0.25, 0.3) is 0 Å². The van der Waals surface area contributed by atoms with Crippen LogP contribution in [0, 0.1) is 0 Å². The van der Waals surface area contributed by atoms with E-state index in [-0.39, 0.29) is 17.1 Å². The van der Waals surface area contributed by atoms with Crippen LogP contribution in [0.2, 0.25) is 0 Å². The monoisotopic (exact) mass is 335 g/mol. The lowest BCUT2D eigenvalue weighted by Gasteiger charge is -2.14. The van der Waals surface area contributed by atoms with Crippen molar-refractivity contribution in [2.45, 2.75) is 0 Å². The molecule has 0 saturated carbocycles. The highest BCUT2D eigenvalue weighted by molar-refractivity contribution is 6.28. The average molecular weight is 335 g/mol. The molecular weight excluding hydrogens is 322 g/mol. The van der Waals surface area contributed by atoms with E-state index in [1.54, 1.807) is 30.3 Å². The van der Waals surface area contributed by atoms with Crippen LogP contribution in [-0.4, -0.2) is 23.6 Å². The van der Waals surface area contributed by atoms with Crippen molar-refractivity contribution in [2.75, 3.05) is 4.90 Å². The lowest BCUT2D eigenvalue weighted by atomic mass is 10.2. The maximum absolute atomic E-state index is 12.1. The summed E-state index contributed by atoms with van der Waals surface area (Å²) < 4.78 is 0. The molecule has 2 N–H and O–H groups in total. The van der Waals surface area contributed by atoms with Gasteiger partial charge in [0.2, 0.25) is 0 Å². The molecule has 0 saturated heterocycles. The Labute approximate surface area is 143 Å². The van der Waals surface area contributed by atoms with Crippen LogP contribution < -0.4 is 10.6 Å². The molecule has 0 spiro atoms. The van der Waals surface area contributed by atoms with Gasteiger partial charge in [-0.15, -0.1) is 0 Å². The molecule has 2 aromatic rings. The highest BCUT2D eigenvalue weighted by Crippen LogP contribution is 2.20. The second-order valence-electron chi connectivity index (χ2n) is 5.12. The number of benzene rings is 2. The predicted molar refractivity (Wildman–Crippen MR) is 90.7 cm³/mol. The zero-order valence-corrected chi connectivity index (χ0v) is 13.0. The Morgan fingerprint density at radius 3 is 2.24 bits per heavy atom. The topological polar surface area (TPSA) is 102 Å². The Morgan fingerprint density at radius 2 is 1.56 bits per heavy atom. The largest absolute Gasteiger partial charge is 0.380 e. The third kappa shape index (κ3) is 3.45. The van der Waals surface area contributed by atoms with E-state index in [2.05, 4.69) is 5.16 Å². The number of amides is 2. The summed E-state index contributed by atoms with van der Waals surface area (Å²) in [5.41, 5.74) is 6.77. The van der Waals surface area contributed by atoms with Gasteiger partial charge in [0.05, 0.1) is 11.3 Å². The van der Waals surface area contributed by atoms with Gasteiger partial charge in [0, 0.05) is 17.7 Å². The van der Waals surface area contributed by atoms with Crippen molar-refractivity contribution in [3.8, 4) is 0 Å². The maximum Gasteiger partial charge on any atom is 0.365 e. The lowest BCUT2D eigenvalue weighted by Crippen LogP contribution is -2.29. The number of nitrogens with two attached hydrogens (primary N) is 1. The molecule has 3 rings (SSSR count). The molecule has 0 bridgehead atoms. The highest BCUT2D eigenvalue weighted by Gasteiger charge is 2.25. The third-order valence-corrected chi connectivity index (χ3v) is 3.45. The van der Waals surface area contributed by atoms with Gasteiger partial charge in [-0.05, 0) is 18.2 Å². The van der Waals surface area contributed by atoms with Gasteiger partial charge in [0.15, 0.2) is 5.84 Å². The van der Waals surface area contributed by atoms with Gasteiger partial charge >= 0.3 is 5.97 Å². The number of hydrogen-bond donors (Lipinski definition) is 1. The fourth-order valence-corrected chi connectivity index (χ4v) is 2.23. The predicted octanol–water partition coefficient (Wildman–Crippen LogP) is 1.59. The number of hydrogen-bond acceptors (Lipinski definition) is 5. The van der Waals surface area contributed by atoms with Crippen LogP contribution in [0.1, 0.15) is 15.9 Å². The van der Waals surface area contributed by atoms with Crippen LogP contribution >= 0.6 is 0 Å².